The molecule has 1 rings (SSSR count). The number of anilines is 1. The molecule has 0 fully saturated rings. The molecule has 0 spiro atoms. The molecule has 142 valence electrons. The van der Waals surface area contributed by atoms with Crippen LogP contribution in [0.3, 0.4) is 0 Å². The van der Waals surface area contributed by atoms with Gasteiger partial charge in [0.25, 0.3) is 0 Å². The first-order valence-electron chi connectivity index (χ1n) is 7.72. The SMILES string of the molecule is CC(C)(CCCCCNC(=O)Nc1c(F)c(F)c(F)c(F)c1F)O[SiH3]. The summed E-state index contributed by atoms with van der Waals surface area (Å²) in [4.78, 5) is 11.6. The predicted octanol–water partition coefficient (Wildman–Crippen LogP) is 3.14. The maximum Gasteiger partial charge on any atom is 0.319 e. The van der Waals surface area contributed by atoms with E-state index >= 15 is 0 Å². The number of halogens is 5. The molecule has 0 radical (unpaired) electrons. The van der Waals surface area contributed by atoms with Crippen molar-refractivity contribution in [2.24, 2.45) is 0 Å². The quantitative estimate of drug-likeness (QED) is 0.238. The van der Waals surface area contributed by atoms with Gasteiger partial charge in [-0.25, -0.2) is 26.7 Å². The Bertz CT molecular complexity index is 599. The molecule has 0 atom stereocenters. The second-order valence-corrected chi connectivity index (χ2v) is 6.51. The lowest BCUT2D eigenvalue weighted by Crippen LogP contribution is -2.31. The zero-order valence-corrected chi connectivity index (χ0v) is 16.2. The standard InChI is InChI=1S/C15H21F5N2O2Si/c1-15(2,24-25)6-4-3-5-7-21-14(23)22-13-11(19)9(17)8(16)10(18)12(13)20/h3-7H2,1-2,25H3,(H2,21,22,23). The first kappa shape index (κ1) is 21.4. The van der Waals surface area contributed by atoms with E-state index in [1.165, 1.54) is 0 Å². The highest BCUT2D eigenvalue weighted by molar-refractivity contribution is 5.98. The molecular formula is C15H21F5N2O2Si. The molecule has 0 saturated carbocycles. The molecule has 25 heavy (non-hydrogen) atoms. The number of hydrogen-bond donors (Lipinski definition) is 2. The van der Waals surface area contributed by atoms with Gasteiger partial charge in [-0.1, -0.05) is 12.8 Å². The summed E-state index contributed by atoms with van der Waals surface area (Å²) in [7, 11) is 0.645. The molecule has 0 heterocycles. The van der Waals surface area contributed by atoms with Crippen molar-refractivity contribution in [1.82, 2.24) is 5.32 Å². The maximum absolute atomic E-state index is 13.4. The molecule has 0 bridgehead atoms. The summed E-state index contributed by atoms with van der Waals surface area (Å²) in [5.41, 5.74) is -1.55. The summed E-state index contributed by atoms with van der Waals surface area (Å²) >= 11 is 0. The fourth-order valence-corrected chi connectivity index (χ4v) is 2.23. The number of rotatable bonds is 8. The van der Waals surface area contributed by atoms with Crippen LogP contribution in [0.4, 0.5) is 32.4 Å². The molecular weight excluding hydrogens is 363 g/mol. The van der Waals surface area contributed by atoms with E-state index < -0.39 is 40.8 Å². The highest BCUT2D eigenvalue weighted by Gasteiger charge is 2.26. The Hall–Kier alpha value is -1.68. The topological polar surface area (TPSA) is 50.4 Å². The number of amides is 2. The molecule has 0 aromatic heterocycles. The first-order chi connectivity index (χ1) is 11.6. The van der Waals surface area contributed by atoms with Gasteiger partial charge < -0.3 is 15.1 Å². The fraction of sp³-hybridized carbons (Fsp3) is 0.533. The second kappa shape index (κ2) is 9.14. The van der Waals surface area contributed by atoms with Gasteiger partial charge in [-0.2, -0.15) is 0 Å². The molecule has 2 amide bonds. The number of nitrogens with one attached hydrogen (secondary N) is 2. The normalized spacial score (nSPS) is 11.6. The van der Waals surface area contributed by atoms with Gasteiger partial charge >= 0.3 is 6.03 Å². The Labute approximate surface area is 145 Å². The van der Waals surface area contributed by atoms with Gasteiger partial charge in [0.15, 0.2) is 23.3 Å². The zero-order chi connectivity index (χ0) is 19.2. The third-order valence-electron chi connectivity index (χ3n) is 3.74. The highest BCUT2D eigenvalue weighted by atomic mass is 28.2. The van der Waals surface area contributed by atoms with Crippen LogP contribution in [-0.2, 0) is 4.43 Å². The number of unbranched alkanes of at least 4 members (excludes halogenated alkanes) is 2. The van der Waals surface area contributed by atoms with E-state index in [1.807, 2.05) is 13.8 Å². The zero-order valence-electron chi connectivity index (χ0n) is 14.2. The number of urea groups is 1. The summed E-state index contributed by atoms with van der Waals surface area (Å²) in [5, 5.41) is 3.95. The van der Waals surface area contributed by atoms with Crippen LogP contribution in [0.2, 0.25) is 0 Å². The van der Waals surface area contributed by atoms with E-state index in [9.17, 15) is 26.7 Å². The Balaban J connectivity index is 2.46. The third kappa shape index (κ3) is 5.96. The van der Waals surface area contributed by atoms with Crippen molar-refractivity contribution in [1.29, 1.82) is 0 Å². The minimum atomic E-state index is -2.28. The maximum atomic E-state index is 13.4. The number of benzene rings is 1. The molecule has 1 aromatic rings. The van der Waals surface area contributed by atoms with Gasteiger partial charge in [0, 0.05) is 12.1 Å². The molecule has 0 aliphatic carbocycles. The van der Waals surface area contributed by atoms with Crippen LogP contribution < -0.4 is 10.6 Å². The van der Waals surface area contributed by atoms with E-state index in [0.29, 0.717) is 16.9 Å². The van der Waals surface area contributed by atoms with Crippen molar-refractivity contribution in [3.8, 4) is 0 Å². The first-order valence-corrected chi connectivity index (χ1v) is 8.54. The van der Waals surface area contributed by atoms with Gasteiger partial charge in [-0.3, -0.25) is 0 Å². The number of carbonyl (C=O) groups is 1. The van der Waals surface area contributed by atoms with Crippen molar-refractivity contribution >= 4 is 22.2 Å². The van der Waals surface area contributed by atoms with E-state index in [2.05, 4.69) is 5.32 Å². The molecule has 4 nitrogen and oxygen atoms in total. The minimum absolute atomic E-state index is 0.178. The van der Waals surface area contributed by atoms with Gasteiger partial charge in [-0.15, -0.1) is 0 Å². The minimum Gasteiger partial charge on any atom is -0.423 e. The van der Waals surface area contributed by atoms with Crippen molar-refractivity contribution in [3.05, 3.63) is 29.1 Å². The van der Waals surface area contributed by atoms with Crippen LogP contribution in [0, 0.1) is 29.1 Å². The number of hydrogen-bond acceptors (Lipinski definition) is 2. The fourth-order valence-electron chi connectivity index (χ4n) is 2.03. The lowest BCUT2D eigenvalue weighted by molar-refractivity contribution is 0.109. The van der Waals surface area contributed by atoms with Crippen molar-refractivity contribution in [2.45, 2.75) is 45.1 Å². The van der Waals surface area contributed by atoms with Crippen LogP contribution in [0.5, 0.6) is 0 Å². The Morgan fingerprint density at radius 3 is 2.00 bits per heavy atom. The summed E-state index contributed by atoms with van der Waals surface area (Å²) in [6.07, 6.45) is 3.11. The van der Waals surface area contributed by atoms with E-state index in [-0.39, 0.29) is 12.1 Å². The van der Waals surface area contributed by atoms with Crippen LogP contribution in [-0.4, -0.2) is 28.7 Å². The molecule has 0 aliphatic heterocycles. The van der Waals surface area contributed by atoms with Crippen LogP contribution >= 0.6 is 0 Å². The monoisotopic (exact) mass is 384 g/mol. The van der Waals surface area contributed by atoms with Crippen molar-refractivity contribution in [3.63, 3.8) is 0 Å². The highest BCUT2D eigenvalue weighted by Crippen LogP contribution is 2.27. The van der Waals surface area contributed by atoms with Crippen LogP contribution in [0.1, 0.15) is 39.5 Å². The van der Waals surface area contributed by atoms with Gasteiger partial charge in [0.05, 0.1) is 0 Å². The van der Waals surface area contributed by atoms with Crippen molar-refractivity contribution in [2.75, 3.05) is 11.9 Å². The molecule has 2 N–H and O–H groups in total. The molecule has 1 aromatic carbocycles. The van der Waals surface area contributed by atoms with Gasteiger partial charge in [0.2, 0.25) is 5.82 Å². The molecule has 10 heteroatoms. The Morgan fingerprint density at radius 1 is 0.960 bits per heavy atom. The third-order valence-corrected chi connectivity index (χ3v) is 4.85. The summed E-state index contributed by atoms with van der Waals surface area (Å²) in [5.74, 6) is -10.7. The summed E-state index contributed by atoms with van der Waals surface area (Å²) < 4.78 is 71.2. The Morgan fingerprint density at radius 2 is 1.48 bits per heavy atom. The number of carbonyl (C=O) groups excluding carboxylic acids is 1. The average Bonchev–Trinajstić information content (AvgIpc) is 2.58. The van der Waals surface area contributed by atoms with E-state index in [0.717, 1.165) is 19.3 Å². The van der Waals surface area contributed by atoms with Crippen molar-refractivity contribution < 1.29 is 31.2 Å². The average molecular weight is 384 g/mol. The lowest BCUT2D eigenvalue weighted by atomic mass is 10.0. The van der Waals surface area contributed by atoms with Crippen LogP contribution in [0.25, 0.3) is 0 Å². The van der Waals surface area contributed by atoms with Gasteiger partial charge in [0.1, 0.15) is 16.2 Å². The van der Waals surface area contributed by atoms with E-state index in [1.54, 1.807) is 5.32 Å². The molecule has 0 unspecified atom stereocenters. The Kier molecular flexibility index (Phi) is 7.81. The molecule has 0 saturated heterocycles. The van der Waals surface area contributed by atoms with Gasteiger partial charge in [-0.05, 0) is 26.7 Å². The van der Waals surface area contributed by atoms with Crippen LogP contribution in [0.15, 0.2) is 0 Å². The summed E-state index contributed by atoms with van der Waals surface area (Å²) in [6.45, 7) is 4.16. The van der Waals surface area contributed by atoms with E-state index in [4.69, 9.17) is 4.43 Å². The smallest absolute Gasteiger partial charge is 0.319 e. The molecule has 0 aliphatic rings. The lowest BCUT2D eigenvalue weighted by Gasteiger charge is -2.23. The largest absolute Gasteiger partial charge is 0.423 e. The second-order valence-electron chi connectivity index (χ2n) is 6.10. The predicted molar refractivity (Wildman–Crippen MR) is 86.8 cm³/mol. The summed E-state index contributed by atoms with van der Waals surface area (Å²) in [6, 6.07) is -1.05.